The third kappa shape index (κ3) is 3.19. The predicted molar refractivity (Wildman–Crippen MR) is 105 cm³/mol. The summed E-state index contributed by atoms with van der Waals surface area (Å²) in [6.45, 7) is 5.09. The lowest BCUT2D eigenvalue weighted by Crippen LogP contribution is -2.00. The Morgan fingerprint density at radius 2 is 1.84 bits per heavy atom. The van der Waals surface area contributed by atoms with Crippen molar-refractivity contribution in [3.05, 3.63) is 59.1 Å². The van der Waals surface area contributed by atoms with Crippen LogP contribution in [0.25, 0.3) is 21.6 Å². The second-order valence-electron chi connectivity index (χ2n) is 5.73. The number of hydrogen-bond donors (Lipinski definition) is 0. The van der Waals surface area contributed by atoms with Crippen LogP contribution >= 0.6 is 23.1 Å². The number of hydrogen-bond acceptors (Lipinski definition) is 5. The first-order valence-corrected chi connectivity index (χ1v) is 10.0. The third-order valence-electron chi connectivity index (χ3n) is 4.08. The summed E-state index contributed by atoms with van der Waals surface area (Å²) in [5, 5.41) is 10.9. The van der Waals surface area contributed by atoms with Crippen LogP contribution in [0.1, 0.15) is 17.5 Å². The number of para-hydroxylation sites is 1. The summed E-state index contributed by atoms with van der Waals surface area (Å²) in [6.07, 6.45) is 0. The summed E-state index contributed by atoms with van der Waals surface area (Å²) in [4.78, 5) is 4.70. The van der Waals surface area contributed by atoms with Gasteiger partial charge in [0.05, 0.1) is 16.0 Å². The molecular weight excluding hydrogens is 348 g/mol. The Morgan fingerprint density at radius 3 is 2.64 bits per heavy atom. The van der Waals surface area contributed by atoms with Gasteiger partial charge >= 0.3 is 0 Å². The highest BCUT2D eigenvalue weighted by molar-refractivity contribution is 7.98. The van der Waals surface area contributed by atoms with E-state index < -0.39 is 0 Å². The topological polar surface area (TPSA) is 43.6 Å². The van der Waals surface area contributed by atoms with Crippen molar-refractivity contribution in [3.8, 4) is 11.4 Å². The highest BCUT2D eigenvalue weighted by Crippen LogP contribution is 2.30. The standard InChI is InChI=1S/C19H18N4S2/c1-3-23-18(14-9-5-4-8-13(14)2)21-22-19(23)24-12-17-20-15-10-6-7-11-16(15)25-17/h4-11H,3,12H2,1-2H3. The largest absolute Gasteiger partial charge is 0.302 e. The van der Waals surface area contributed by atoms with Gasteiger partial charge in [0.2, 0.25) is 0 Å². The maximum atomic E-state index is 4.70. The lowest BCUT2D eigenvalue weighted by Gasteiger charge is -2.08. The second-order valence-corrected chi connectivity index (χ2v) is 7.79. The van der Waals surface area contributed by atoms with Crippen LogP contribution in [-0.4, -0.2) is 19.7 Å². The number of aromatic nitrogens is 4. The van der Waals surface area contributed by atoms with Gasteiger partial charge in [-0.3, -0.25) is 0 Å². The summed E-state index contributed by atoms with van der Waals surface area (Å²) < 4.78 is 3.41. The molecule has 0 N–H and O–H groups in total. The first-order valence-electron chi connectivity index (χ1n) is 8.22. The Labute approximate surface area is 154 Å². The van der Waals surface area contributed by atoms with E-state index in [9.17, 15) is 0 Å². The molecule has 2 aromatic heterocycles. The minimum atomic E-state index is 0.811. The molecule has 0 fully saturated rings. The summed E-state index contributed by atoms with van der Waals surface area (Å²) in [7, 11) is 0. The molecule has 0 spiro atoms. The van der Waals surface area contributed by atoms with E-state index in [1.54, 1.807) is 23.1 Å². The van der Waals surface area contributed by atoms with E-state index >= 15 is 0 Å². The number of aryl methyl sites for hydroxylation is 1. The van der Waals surface area contributed by atoms with E-state index in [1.165, 1.54) is 10.3 Å². The molecule has 0 radical (unpaired) electrons. The molecule has 4 rings (SSSR count). The van der Waals surface area contributed by atoms with E-state index in [1.807, 2.05) is 18.2 Å². The molecule has 4 aromatic rings. The zero-order valence-corrected chi connectivity index (χ0v) is 15.8. The number of thioether (sulfide) groups is 1. The van der Waals surface area contributed by atoms with Crippen LogP contribution in [0.3, 0.4) is 0 Å². The van der Waals surface area contributed by atoms with E-state index in [-0.39, 0.29) is 0 Å². The minimum Gasteiger partial charge on any atom is -0.302 e. The zero-order chi connectivity index (χ0) is 17.2. The number of fused-ring (bicyclic) bond motifs is 1. The number of rotatable bonds is 5. The Kier molecular flexibility index (Phi) is 4.55. The average Bonchev–Trinajstić information content (AvgIpc) is 3.23. The van der Waals surface area contributed by atoms with Crippen LogP contribution in [0.5, 0.6) is 0 Å². The number of nitrogens with zero attached hydrogens (tertiary/aromatic N) is 4. The molecule has 0 aliphatic heterocycles. The first-order chi connectivity index (χ1) is 12.3. The lowest BCUT2D eigenvalue weighted by atomic mass is 10.1. The van der Waals surface area contributed by atoms with Gasteiger partial charge in [-0.05, 0) is 31.5 Å². The predicted octanol–water partition coefficient (Wildman–Crippen LogP) is 5.18. The van der Waals surface area contributed by atoms with Crippen LogP contribution in [0, 0.1) is 6.92 Å². The molecule has 0 bridgehead atoms. The zero-order valence-electron chi connectivity index (χ0n) is 14.1. The van der Waals surface area contributed by atoms with Gasteiger partial charge in [0, 0.05) is 12.1 Å². The molecule has 4 nitrogen and oxygen atoms in total. The third-order valence-corrected chi connectivity index (χ3v) is 6.28. The smallest absolute Gasteiger partial charge is 0.191 e. The van der Waals surface area contributed by atoms with Gasteiger partial charge in [0.15, 0.2) is 11.0 Å². The highest BCUT2D eigenvalue weighted by Gasteiger charge is 2.15. The second kappa shape index (κ2) is 6.98. The van der Waals surface area contributed by atoms with Crippen molar-refractivity contribution < 1.29 is 0 Å². The molecule has 0 unspecified atom stereocenters. The summed E-state index contributed by atoms with van der Waals surface area (Å²) >= 11 is 3.44. The van der Waals surface area contributed by atoms with Crippen molar-refractivity contribution in [3.63, 3.8) is 0 Å². The van der Waals surface area contributed by atoms with Gasteiger partial charge in [-0.25, -0.2) is 4.98 Å². The molecule has 0 aliphatic rings. The van der Waals surface area contributed by atoms with Crippen LogP contribution in [-0.2, 0) is 12.3 Å². The van der Waals surface area contributed by atoms with Gasteiger partial charge in [0.25, 0.3) is 0 Å². The fraction of sp³-hybridized carbons (Fsp3) is 0.211. The molecule has 0 aliphatic carbocycles. The molecule has 2 aromatic carbocycles. The molecule has 2 heterocycles. The lowest BCUT2D eigenvalue weighted by molar-refractivity contribution is 0.687. The van der Waals surface area contributed by atoms with Crippen molar-refractivity contribution >= 4 is 33.3 Å². The molecule has 0 atom stereocenters. The van der Waals surface area contributed by atoms with Crippen molar-refractivity contribution in [2.24, 2.45) is 0 Å². The Balaban J connectivity index is 1.60. The molecule has 6 heteroatoms. The fourth-order valence-electron chi connectivity index (χ4n) is 2.81. The van der Waals surface area contributed by atoms with Gasteiger partial charge < -0.3 is 4.57 Å². The quantitative estimate of drug-likeness (QED) is 0.457. The molecule has 0 saturated heterocycles. The molecule has 0 amide bonds. The van der Waals surface area contributed by atoms with E-state index in [0.29, 0.717) is 0 Å². The van der Waals surface area contributed by atoms with E-state index in [4.69, 9.17) is 4.98 Å². The van der Waals surface area contributed by atoms with Gasteiger partial charge in [-0.2, -0.15) is 0 Å². The number of benzene rings is 2. The molecular formula is C19H18N4S2. The van der Waals surface area contributed by atoms with Gasteiger partial charge in [-0.1, -0.05) is 48.2 Å². The van der Waals surface area contributed by atoms with Crippen LogP contribution in [0.15, 0.2) is 53.7 Å². The molecule has 0 saturated carbocycles. The maximum Gasteiger partial charge on any atom is 0.191 e. The minimum absolute atomic E-state index is 0.811. The van der Waals surface area contributed by atoms with E-state index in [0.717, 1.165) is 39.4 Å². The van der Waals surface area contributed by atoms with E-state index in [2.05, 4.69) is 58.9 Å². The highest BCUT2D eigenvalue weighted by atomic mass is 32.2. The van der Waals surface area contributed by atoms with Crippen LogP contribution < -0.4 is 0 Å². The number of thiazole rings is 1. The fourth-order valence-corrected chi connectivity index (χ4v) is 4.77. The van der Waals surface area contributed by atoms with Gasteiger partial charge in [0.1, 0.15) is 5.01 Å². The van der Waals surface area contributed by atoms with Crippen molar-refractivity contribution in [2.45, 2.75) is 31.3 Å². The monoisotopic (exact) mass is 366 g/mol. The Bertz CT molecular complexity index is 986. The molecule has 126 valence electrons. The average molecular weight is 367 g/mol. The Morgan fingerprint density at radius 1 is 1.04 bits per heavy atom. The van der Waals surface area contributed by atoms with Crippen molar-refractivity contribution in [1.29, 1.82) is 0 Å². The normalized spacial score (nSPS) is 11.3. The van der Waals surface area contributed by atoms with Crippen LogP contribution in [0.2, 0.25) is 0 Å². The summed E-state index contributed by atoms with van der Waals surface area (Å²) in [5.41, 5.74) is 3.43. The Hall–Kier alpha value is -2.18. The SMILES string of the molecule is CCn1c(SCc2nc3ccccc3s2)nnc1-c1ccccc1C. The van der Waals surface area contributed by atoms with Crippen molar-refractivity contribution in [1.82, 2.24) is 19.7 Å². The van der Waals surface area contributed by atoms with Crippen LogP contribution in [0.4, 0.5) is 0 Å². The summed E-state index contributed by atoms with van der Waals surface area (Å²) in [6, 6.07) is 16.6. The first kappa shape index (κ1) is 16.3. The van der Waals surface area contributed by atoms with Crippen molar-refractivity contribution in [2.75, 3.05) is 0 Å². The maximum absolute atomic E-state index is 4.70. The molecule has 25 heavy (non-hydrogen) atoms. The van der Waals surface area contributed by atoms with Gasteiger partial charge in [-0.15, -0.1) is 21.5 Å². The summed E-state index contributed by atoms with van der Waals surface area (Å²) in [5.74, 6) is 1.75.